The summed E-state index contributed by atoms with van der Waals surface area (Å²) in [4.78, 5) is 23.9. The van der Waals surface area contributed by atoms with Crippen LogP contribution in [0.3, 0.4) is 0 Å². The van der Waals surface area contributed by atoms with Crippen molar-refractivity contribution in [3.63, 3.8) is 0 Å². The van der Waals surface area contributed by atoms with E-state index in [9.17, 15) is 9.59 Å². The van der Waals surface area contributed by atoms with Gasteiger partial charge in [0.15, 0.2) is 6.23 Å². The van der Waals surface area contributed by atoms with E-state index >= 15 is 0 Å². The average molecular weight is 327 g/mol. The van der Waals surface area contributed by atoms with Gasteiger partial charge in [-0.05, 0) is 26.9 Å². The maximum absolute atomic E-state index is 11.1. The fraction of sp³-hybridized carbons (Fsp3) is 0.647. The van der Waals surface area contributed by atoms with Crippen LogP contribution in [0.5, 0.6) is 0 Å². The van der Waals surface area contributed by atoms with Gasteiger partial charge in [-0.2, -0.15) is 0 Å². The molecular weight excluding hydrogens is 298 g/mol. The number of ether oxygens (including phenoxy) is 3. The van der Waals surface area contributed by atoms with Gasteiger partial charge in [0, 0.05) is 17.6 Å². The Labute approximate surface area is 139 Å². The van der Waals surface area contributed by atoms with Crippen LogP contribution >= 0.6 is 0 Å². The first kappa shape index (κ1) is 21.3. The second-order valence-corrected chi connectivity index (χ2v) is 5.26. The molecule has 1 heterocycles. The van der Waals surface area contributed by atoms with Crippen LogP contribution in [0.2, 0.25) is 0 Å². The molecule has 0 aromatic heterocycles. The molecular formula is C17H29NO5. The largest absolute Gasteiger partial charge is 0.466 e. The molecule has 0 radical (unpaired) electrons. The number of carbonyl (C=O) groups is 2. The molecule has 2 unspecified atom stereocenters. The van der Waals surface area contributed by atoms with Gasteiger partial charge in [-0.25, -0.2) is 9.59 Å². The van der Waals surface area contributed by atoms with Crippen molar-refractivity contribution >= 4 is 11.9 Å². The molecule has 0 spiro atoms. The zero-order chi connectivity index (χ0) is 18.0. The molecule has 2 atom stereocenters. The van der Waals surface area contributed by atoms with Gasteiger partial charge in [-0.1, -0.05) is 27.0 Å². The van der Waals surface area contributed by atoms with Gasteiger partial charge in [0.2, 0.25) is 0 Å². The minimum Gasteiger partial charge on any atom is -0.466 e. The lowest BCUT2D eigenvalue weighted by Crippen LogP contribution is -2.36. The van der Waals surface area contributed by atoms with Crippen LogP contribution in [-0.2, 0) is 23.8 Å². The van der Waals surface area contributed by atoms with Gasteiger partial charge in [-0.15, -0.1) is 0 Å². The second kappa shape index (κ2) is 11.0. The van der Waals surface area contributed by atoms with E-state index in [0.29, 0.717) is 17.6 Å². The van der Waals surface area contributed by atoms with Crippen LogP contribution in [-0.4, -0.2) is 56.0 Å². The van der Waals surface area contributed by atoms with Crippen LogP contribution in [0.4, 0.5) is 0 Å². The molecule has 0 saturated carbocycles. The lowest BCUT2D eigenvalue weighted by atomic mass is 10.2. The predicted octanol–water partition coefficient (Wildman–Crippen LogP) is 2.30. The standard InChI is InChI=1S/C10H19NO2.C7H10O3/c1-6-11(7-2)9(5)13-10(12)8(3)4;1-5(7(8)9-2)3-6-4-10-6/h9H,3,6-7H2,1-2,4-5H3;6H,1,3-4H2,2H3. The average Bonchev–Trinajstić information content (AvgIpc) is 3.31. The lowest BCUT2D eigenvalue weighted by Gasteiger charge is -2.25. The van der Waals surface area contributed by atoms with Gasteiger partial charge in [0.1, 0.15) is 0 Å². The number of esters is 2. The summed E-state index contributed by atoms with van der Waals surface area (Å²) in [5.74, 6) is -0.657. The quantitative estimate of drug-likeness (QED) is 0.295. The minimum atomic E-state index is -0.337. The van der Waals surface area contributed by atoms with Crippen LogP contribution in [0.1, 0.15) is 34.1 Å². The molecule has 132 valence electrons. The van der Waals surface area contributed by atoms with E-state index in [1.807, 2.05) is 20.8 Å². The van der Waals surface area contributed by atoms with E-state index < -0.39 is 0 Å². The molecule has 1 rings (SSSR count). The fourth-order valence-corrected chi connectivity index (χ4v) is 1.76. The number of epoxide rings is 1. The van der Waals surface area contributed by atoms with E-state index in [-0.39, 0.29) is 24.3 Å². The SMILES string of the molecule is C=C(C)C(=O)OC(C)N(CC)CC.C=C(CC1CO1)C(=O)OC. The Balaban J connectivity index is 0.000000433. The zero-order valence-electron chi connectivity index (χ0n) is 14.9. The third-order valence-corrected chi connectivity index (χ3v) is 3.30. The smallest absolute Gasteiger partial charge is 0.334 e. The van der Waals surface area contributed by atoms with Crippen molar-refractivity contribution in [2.45, 2.75) is 46.4 Å². The normalized spacial score (nSPS) is 16.7. The Morgan fingerprint density at radius 2 is 1.78 bits per heavy atom. The number of carbonyl (C=O) groups excluding carboxylic acids is 2. The molecule has 0 N–H and O–H groups in total. The predicted molar refractivity (Wildman–Crippen MR) is 88.8 cm³/mol. The third kappa shape index (κ3) is 9.15. The highest BCUT2D eigenvalue weighted by Crippen LogP contribution is 2.18. The Morgan fingerprint density at radius 3 is 2.13 bits per heavy atom. The Kier molecular flexibility index (Phi) is 10.2. The van der Waals surface area contributed by atoms with Gasteiger partial charge in [0.25, 0.3) is 0 Å². The molecule has 0 amide bonds. The third-order valence-electron chi connectivity index (χ3n) is 3.30. The van der Waals surface area contributed by atoms with Crippen LogP contribution in [0.15, 0.2) is 24.3 Å². The Morgan fingerprint density at radius 1 is 1.26 bits per heavy atom. The summed E-state index contributed by atoms with van der Waals surface area (Å²) in [6, 6.07) is 0. The summed E-state index contributed by atoms with van der Waals surface area (Å²) in [6.45, 7) is 17.2. The number of methoxy groups -OCH3 is 1. The Bertz CT molecular complexity index is 425. The monoisotopic (exact) mass is 327 g/mol. The number of hydrogen-bond donors (Lipinski definition) is 0. The molecule has 0 bridgehead atoms. The summed E-state index contributed by atoms with van der Waals surface area (Å²) in [5.41, 5.74) is 0.934. The topological polar surface area (TPSA) is 68.4 Å². The van der Waals surface area contributed by atoms with Gasteiger partial charge >= 0.3 is 11.9 Å². The number of hydrogen-bond acceptors (Lipinski definition) is 6. The second-order valence-electron chi connectivity index (χ2n) is 5.26. The highest BCUT2D eigenvalue weighted by molar-refractivity contribution is 5.87. The molecule has 6 nitrogen and oxygen atoms in total. The first-order chi connectivity index (χ1) is 10.8. The van der Waals surface area contributed by atoms with E-state index in [1.165, 1.54) is 7.11 Å². The molecule has 1 aliphatic heterocycles. The van der Waals surface area contributed by atoms with E-state index in [4.69, 9.17) is 9.47 Å². The highest BCUT2D eigenvalue weighted by Gasteiger charge is 2.25. The zero-order valence-corrected chi connectivity index (χ0v) is 14.9. The molecule has 0 aliphatic carbocycles. The van der Waals surface area contributed by atoms with Crippen molar-refractivity contribution < 1.29 is 23.8 Å². The van der Waals surface area contributed by atoms with Crippen LogP contribution in [0, 0.1) is 0 Å². The molecule has 0 aromatic rings. The Hall–Kier alpha value is -1.66. The molecule has 0 aromatic carbocycles. The van der Waals surface area contributed by atoms with Gasteiger partial charge in [0.05, 0.1) is 19.8 Å². The summed E-state index contributed by atoms with van der Waals surface area (Å²) in [5, 5.41) is 0. The maximum Gasteiger partial charge on any atom is 0.334 e. The molecule has 1 aliphatic rings. The van der Waals surface area contributed by atoms with Crippen molar-refractivity contribution in [1.29, 1.82) is 0 Å². The van der Waals surface area contributed by atoms with Crippen molar-refractivity contribution in [1.82, 2.24) is 4.90 Å². The van der Waals surface area contributed by atoms with E-state index in [1.54, 1.807) is 6.92 Å². The summed E-state index contributed by atoms with van der Waals surface area (Å²) in [7, 11) is 1.35. The van der Waals surface area contributed by atoms with Crippen LogP contribution in [0.25, 0.3) is 0 Å². The lowest BCUT2D eigenvalue weighted by molar-refractivity contribution is -0.152. The van der Waals surface area contributed by atoms with E-state index in [0.717, 1.165) is 19.7 Å². The summed E-state index contributed by atoms with van der Waals surface area (Å²) < 4.78 is 14.5. The molecule has 1 fully saturated rings. The van der Waals surface area contributed by atoms with Gasteiger partial charge < -0.3 is 14.2 Å². The first-order valence-corrected chi connectivity index (χ1v) is 7.74. The highest BCUT2D eigenvalue weighted by atomic mass is 16.6. The molecule has 23 heavy (non-hydrogen) atoms. The van der Waals surface area contributed by atoms with E-state index in [2.05, 4.69) is 22.8 Å². The van der Waals surface area contributed by atoms with Crippen molar-refractivity contribution in [2.75, 3.05) is 26.8 Å². The first-order valence-electron chi connectivity index (χ1n) is 7.74. The summed E-state index contributed by atoms with van der Waals surface area (Å²) >= 11 is 0. The fourth-order valence-electron chi connectivity index (χ4n) is 1.76. The summed E-state index contributed by atoms with van der Waals surface area (Å²) in [6.07, 6.45) is 0.651. The number of rotatable bonds is 8. The molecule has 1 saturated heterocycles. The minimum absolute atomic E-state index is 0.167. The molecule has 6 heteroatoms. The number of nitrogens with zero attached hydrogens (tertiary/aromatic N) is 1. The van der Waals surface area contributed by atoms with Crippen LogP contribution < -0.4 is 0 Å². The van der Waals surface area contributed by atoms with Gasteiger partial charge in [-0.3, -0.25) is 4.90 Å². The van der Waals surface area contributed by atoms with Crippen molar-refractivity contribution in [2.24, 2.45) is 0 Å². The van der Waals surface area contributed by atoms with Crippen molar-refractivity contribution in [3.05, 3.63) is 24.3 Å². The van der Waals surface area contributed by atoms with Crippen molar-refractivity contribution in [3.8, 4) is 0 Å². The maximum atomic E-state index is 11.1.